The summed E-state index contributed by atoms with van der Waals surface area (Å²) in [5.41, 5.74) is 1.66. The fourth-order valence-corrected chi connectivity index (χ4v) is 3.96. The topological polar surface area (TPSA) is 117 Å². The highest BCUT2D eigenvalue weighted by Gasteiger charge is 2.40. The maximum Gasteiger partial charge on any atom is 0.230 e. The Labute approximate surface area is 221 Å². The maximum absolute atomic E-state index is 13.6. The highest BCUT2D eigenvalue weighted by molar-refractivity contribution is 5.82. The van der Waals surface area contributed by atoms with Crippen molar-refractivity contribution in [2.75, 3.05) is 52.3 Å². The summed E-state index contributed by atoms with van der Waals surface area (Å²) in [5, 5.41) is 6.05. The Kier molecular flexibility index (Phi) is 8.82. The van der Waals surface area contributed by atoms with Crippen LogP contribution in [0.25, 0.3) is 22.6 Å². The van der Waals surface area contributed by atoms with Crippen molar-refractivity contribution in [1.82, 2.24) is 30.2 Å². The molecule has 1 amide bonds. The molecule has 202 valence electrons. The van der Waals surface area contributed by atoms with Gasteiger partial charge >= 0.3 is 0 Å². The number of aromatic nitrogens is 4. The monoisotopic (exact) mass is 523 g/mol. The normalized spacial score (nSPS) is 19.3. The number of imidazole rings is 1. The number of halogens is 1. The number of nitrogens with one attached hydrogen (secondary N) is 3. The van der Waals surface area contributed by atoms with E-state index in [1.54, 1.807) is 37.4 Å². The molecule has 3 heterocycles. The molecule has 0 bridgehead atoms. The van der Waals surface area contributed by atoms with Gasteiger partial charge in [-0.05, 0) is 64.3 Å². The zero-order chi connectivity index (χ0) is 27.1. The lowest BCUT2D eigenvalue weighted by Crippen LogP contribution is -2.48. The number of rotatable bonds is 11. The average Bonchev–Trinajstić information content (AvgIpc) is 3.36. The smallest absolute Gasteiger partial charge is 0.230 e. The standard InChI is InChI=1S/C27H34FN7O3/c1-5-12-29-25(36)27(2)16-37-24(38-17-27)23-33-21(18-7-9-19(28)10-8-18)22(34-23)20-11-14-31-26(32-20)30-13-6-15-35(3)4/h5,7-11,14,24H,1,6,12-13,15-17H2,2-4H3,(H,29,36)(H,33,34)(H,30,31,32). The number of nitrogens with zero attached hydrogens (tertiary/aromatic N) is 4. The molecule has 3 aromatic rings. The van der Waals surface area contributed by atoms with E-state index in [9.17, 15) is 9.18 Å². The van der Waals surface area contributed by atoms with Crippen LogP contribution in [0.1, 0.15) is 25.5 Å². The molecule has 2 aromatic heterocycles. The van der Waals surface area contributed by atoms with Gasteiger partial charge in [0, 0.05) is 24.8 Å². The number of carbonyl (C=O) groups excluding carboxylic acids is 1. The Morgan fingerprint density at radius 1 is 1.24 bits per heavy atom. The molecule has 0 saturated carbocycles. The van der Waals surface area contributed by atoms with Gasteiger partial charge in [-0.15, -0.1) is 6.58 Å². The second kappa shape index (κ2) is 12.2. The summed E-state index contributed by atoms with van der Waals surface area (Å²) in [4.78, 5) is 31.7. The van der Waals surface area contributed by atoms with E-state index in [4.69, 9.17) is 14.5 Å². The number of aromatic amines is 1. The first-order valence-corrected chi connectivity index (χ1v) is 12.5. The van der Waals surface area contributed by atoms with Crippen LogP contribution in [0.3, 0.4) is 0 Å². The van der Waals surface area contributed by atoms with Crippen LogP contribution < -0.4 is 10.6 Å². The zero-order valence-corrected chi connectivity index (χ0v) is 22.0. The zero-order valence-electron chi connectivity index (χ0n) is 22.0. The minimum Gasteiger partial charge on any atom is -0.354 e. The van der Waals surface area contributed by atoms with Crippen LogP contribution >= 0.6 is 0 Å². The highest BCUT2D eigenvalue weighted by atomic mass is 19.1. The first kappa shape index (κ1) is 27.4. The summed E-state index contributed by atoms with van der Waals surface area (Å²) in [7, 11) is 4.06. The van der Waals surface area contributed by atoms with Gasteiger partial charge in [0.1, 0.15) is 5.82 Å². The van der Waals surface area contributed by atoms with Gasteiger partial charge in [-0.3, -0.25) is 4.79 Å². The van der Waals surface area contributed by atoms with E-state index in [1.165, 1.54) is 12.1 Å². The molecular formula is C27H34FN7O3. The van der Waals surface area contributed by atoms with Gasteiger partial charge in [0.05, 0.1) is 35.7 Å². The molecule has 1 aliphatic heterocycles. The van der Waals surface area contributed by atoms with E-state index in [0.29, 0.717) is 41.0 Å². The first-order valence-electron chi connectivity index (χ1n) is 12.5. The van der Waals surface area contributed by atoms with Gasteiger partial charge in [0.2, 0.25) is 18.1 Å². The lowest BCUT2D eigenvalue weighted by Gasteiger charge is -2.35. The molecule has 0 atom stereocenters. The van der Waals surface area contributed by atoms with Crippen molar-refractivity contribution in [3.63, 3.8) is 0 Å². The minimum absolute atomic E-state index is 0.150. The van der Waals surface area contributed by atoms with Crippen molar-refractivity contribution in [1.29, 1.82) is 0 Å². The van der Waals surface area contributed by atoms with E-state index in [2.05, 4.69) is 37.1 Å². The Morgan fingerprint density at radius 3 is 2.66 bits per heavy atom. The van der Waals surface area contributed by atoms with E-state index in [1.807, 2.05) is 14.1 Å². The average molecular weight is 524 g/mol. The van der Waals surface area contributed by atoms with Crippen LogP contribution in [-0.4, -0.2) is 77.7 Å². The molecule has 11 heteroatoms. The summed E-state index contributed by atoms with van der Waals surface area (Å²) >= 11 is 0. The molecule has 1 aliphatic rings. The van der Waals surface area contributed by atoms with Crippen molar-refractivity contribution in [3.8, 4) is 22.6 Å². The van der Waals surface area contributed by atoms with Gasteiger partial charge in [-0.25, -0.2) is 19.3 Å². The Morgan fingerprint density at radius 2 is 1.97 bits per heavy atom. The third kappa shape index (κ3) is 6.60. The van der Waals surface area contributed by atoms with Crippen molar-refractivity contribution in [2.45, 2.75) is 19.6 Å². The Balaban J connectivity index is 1.58. The molecule has 0 unspecified atom stereocenters. The molecule has 10 nitrogen and oxygen atoms in total. The van der Waals surface area contributed by atoms with Crippen LogP contribution in [0.15, 0.2) is 49.2 Å². The third-order valence-corrected chi connectivity index (χ3v) is 6.10. The summed E-state index contributed by atoms with van der Waals surface area (Å²) < 4.78 is 25.5. The fourth-order valence-electron chi connectivity index (χ4n) is 3.96. The van der Waals surface area contributed by atoms with Crippen molar-refractivity contribution < 1.29 is 18.7 Å². The highest BCUT2D eigenvalue weighted by Crippen LogP contribution is 2.35. The molecule has 0 spiro atoms. The molecule has 1 aromatic carbocycles. The van der Waals surface area contributed by atoms with Crippen molar-refractivity contribution in [3.05, 3.63) is 60.8 Å². The van der Waals surface area contributed by atoms with E-state index in [0.717, 1.165) is 19.5 Å². The Bertz CT molecular complexity index is 1240. The SMILES string of the molecule is C=CCNC(=O)C1(C)COC(c2nc(-c3ccc(F)cc3)c(-c3ccnc(NCCCN(C)C)n3)[nH]2)OC1. The number of anilines is 1. The summed E-state index contributed by atoms with van der Waals surface area (Å²) in [5.74, 6) is 0.403. The number of ether oxygens (including phenoxy) is 2. The quantitative estimate of drug-likeness (QED) is 0.259. The van der Waals surface area contributed by atoms with Crippen molar-refractivity contribution in [2.24, 2.45) is 5.41 Å². The first-order chi connectivity index (χ1) is 18.3. The van der Waals surface area contributed by atoms with Gasteiger partial charge in [0.25, 0.3) is 0 Å². The molecular weight excluding hydrogens is 489 g/mol. The van der Waals surface area contributed by atoms with Crippen LogP contribution in [0.5, 0.6) is 0 Å². The van der Waals surface area contributed by atoms with Gasteiger partial charge in [-0.1, -0.05) is 6.08 Å². The molecule has 0 radical (unpaired) electrons. The van der Waals surface area contributed by atoms with Gasteiger partial charge in [0.15, 0.2) is 5.82 Å². The fraction of sp³-hybridized carbons (Fsp3) is 0.407. The molecule has 3 N–H and O–H groups in total. The molecule has 38 heavy (non-hydrogen) atoms. The summed E-state index contributed by atoms with van der Waals surface area (Å²) in [6.07, 6.45) is 3.42. The summed E-state index contributed by atoms with van der Waals surface area (Å²) in [6.45, 7) is 7.75. The van der Waals surface area contributed by atoms with Crippen LogP contribution in [-0.2, 0) is 14.3 Å². The second-order valence-electron chi connectivity index (χ2n) is 9.71. The van der Waals surface area contributed by atoms with Crippen LogP contribution in [0, 0.1) is 11.2 Å². The minimum atomic E-state index is -0.839. The summed E-state index contributed by atoms with van der Waals surface area (Å²) in [6, 6.07) is 7.85. The maximum atomic E-state index is 13.6. The molecule has 1 saturated heterocycles. The van der Waals surface area contributed by atoms with Crippen LogP contribution in [0.2, 0.25) is 0 Å². The predicted molar refractivity (Wildman–Crippen MR) is 143 cm³/mol. The van der Waals surface area contributed by atoms with E-state index in [-0.39, 0.29) is 24.9 Å². The molecule has 0 aliphatic carbocycles. The lowest BCUT2D eigenvalue weighted by molar-refractivity contribution is -0.230. The molecule has 4 rings (SSSR count). The van der Waals surface area contributed by atoms with Gasteiger partial charge in [-0.2, -0.15) is 0 Å². The second-order valence-corrected chi connectivity index (χ2v) is 9.71. The number of hydrogen-bond acceptors (Lipinski definition) is 8. The predicted octanol–water partition coefficient (Wildman–Crippen LogP) is 3.39. The lowest BCUT2D eigenvalue weighted by atomic mass is 9.91. The largest absolute Gasteiger partial charge is 0.354 e. The van der Waals surface area contributed by atoms with Crippen LogP contribution in [0.4, 0.5) is 10.3 Å². The van der Waals surface area contributed by atoms with Gasteiger partial charge < -0.3 is 30.0 Å². The number of amides is 1. The van der Waals surface area contributed by atoms with Crippen molar-refractivity contribution >= 4 is 11.9 Å². The number of carbonyl (C=O) groups is 1. The number of H-pyrrole nitrogens is 1. The number of hydrogen-bond donors (Lipinski definition) is 3. The van der Waals surface area contributed by atoms with E-state index >= 15 is 0 Å². The Hall–Kier alpha value is -3.67. The van der Waals surface area contributed by atoms with E-state index < -0.39 is 11.7 Å². The third-order valence-electron chi connectivity index (χ3n) is 6.10. The molecule has 1 fully saturated rings. The number of benzene rings is 1.